The predicted octanol–water partition coefficient (Wildman–Crippen LogP) is 1.99. The summed E-state index contributed by atoms with van der Waals surface area (Å²) in [5, 5.41) is 13.0. The minimum absolute atomic E-state index is 0.101. The van der Waals surface area contributed by atoms with Crippen molar-refractivity contribution in [3.8, 4) is 11.5 Å². The molecular formula is C17H24N2O4. The van der Waals surface area contributed by atoms with E-state index in [-0.39, 0.29) is 34.6 Å². The van der Waals surface area contributed by atoms with Gasteiger partial charge in [0.05, 0.1) is 17.7 Å². The van der Waals surface area contributed by atoms with Gasteiger partial charge in [-0.1, -0.05) is 19.3 Å². The summed E-state index contributed by atoms with van der Waals surface area (Å²) in [6.07, 6.45) is 6.56. The minimum Gasteiger partial charge on any atom is -0.507 e. The molecule has 0 bridgehead atoms. The van der Waals surface area contributed by atoms with Crippen molar-refractivity contribution >= 4 is 12.2 Å². The Bertz CT molecular complexity index is 554. The van der Waals surface area contributed by atoms with Crippen LogP contribution >= 0.6 is 0 Å². The van der Waals surface area contributed by atoms with Crippen molar-refractivity contribution in [2.75, 3.05) is 13.2 Å². The maximum atomic E-state index is 12.3. The first kappa shape index (κ1) is 17.3. The standard InChI is InChI=1S/C17H24N2O4/c18-7-4-8-23-16-10-15(21)14(9-12(16)11-20)17(22)19-13-5-2-1-3-6-13/h9-11,13,21H,1-8,18H2,(H,19,22). The highest BCUT2D eigenvalue weighted by molar-refractivity contribution is 5.99. The van der Waals surface area contributed by atoms with E-state index in [1.54, 1.807) is 0 Å². The lowest BCUT2D eigenvalue weighted by Gasteiger charge is -2.23. The minimum atomic E-state index is -0.356. The van der Waals surface area contributed by atoms with E-state index in [4.69, 9.17) is 10.5 Å². The predicted molar refractivity (Wildman–Crippen MR) is 87.0 cm³/mol. The van der Waals surface area contributed by atoms with E-state index >= 15 is 0 Å². The monoisotopic (exact) mass is 320 g/mol. The SMILES string of the molecule is NCCCOc1cc(O)c(C(=O)NC2CCCCC2)cc1C=O. The van der Waals surface area contributed by atoms with Gasteiger partial charge in [0.1, 0.15) is 11.5 Å². The number of benzene rings is 1. The van der Waals surface area contributed by atoms with Crippen LogP contribution in [0.4, 0.5) is 0 Å². The van der Waals surface area contributed by atoms with Crippen LogP contribution in [0.15, 0.2) is 12.1 Å². The second-order valence-electron chi connectivity index (χ2n) is 5.82. The Kier molecular flexibility index (Phi) is 6.40. The molecule has 1 fully saturated rings. The van der Waals surface area contributed by atoms with Crippen LogP contribution < -0.4 is 15.8 Å². The van der Waals surface area contributed by atoms with E-state index < -0.39 is 0 Å². The highest BCUT2D eigenvalue weighted by Crippen LogP contribution is 2.28. The molecule has 23 heavy (non-hydrogen) atoms. The summed E-state index contributed by atoms with van der Waals surface area (Å²) in [6.45, 7) is 0.828. The Labute approximate surface area is 136 Å². The number of nitrogens with two attached hydrogens (primary N) is 1. The molecule has 0 heterocycles. The lowest BCUT2D eigenvalue weighted by Crippen LogP contribution is -2.36. The fourth-order valence-electron chi connectivity index (χ4n) is 2.76. The van der Waals surface area contributed by atoms with Crippen molar-refractivity contribution in [1.29, 1.82) is 0 Å². The molecule has 1 aliphatic rings. The van der Waals surface area contributed by atoms with Gasteiger partial charge in [0.25, 0.3) is 5.91 Å². The molecule has 0 radical (unpaired) electrons. The number of hydrogen-bond donors (Lipinski definition) is 3. The van der Waals surface area contributed by atoms with Crippen molar-refractivity contribution in [1.82, 2.24) is 5.32 Å². The van der Waals surface area contributed by atoms with Gasteiger partial charge in [0, 0.05) is 12.1 Å². The molecule has 1 saturated carbocycles. The number of carbonyl (C=O) groups excluding carboxylic acids is 2. The maximum absolute atomic E-state index is 12.3. The highest BCUT2D eigenvalue weighted by atomic mass is 16.5. The van der Waals surface area contributed by atoms with Crippen molar-refractivity contribution in [3.05, 3.63) is 23.3 Å². The number of nitrogens with one attached hydrogen (secondary N) is 1. The van der Waals surface area contributed by atoms with Crippen LogP contribution in [0, 0.1) is 0 Å². The lowest BCUT2D eigenvalue weighted by molar-refractivity contribution is 0.0925. The van der Waals surface area contributed by atoms with Crippen LogP contribution in [-0.4, -0.2) is 36.5 Å². The normalized spacial score (nSPS) is 15.2. The number of aromatic hydroxyl groups is 1. The van der Waals surface area contributed by atoms with Gasteiger partial charge in [-0.25, -0.2) is 0 Å². The summed E-state index contributed by atoms with van der Waals surface area (Å²) >= 11 is 0. The smallest absolute Gasteiger partial charge is 0.255 e. The van der Waals surface area contributed by atoms with Crippen molar-refractivity contribution < 1.29 is 19.4 Å². The summed E-state index contributed by atoms with van der Waals surface area (Å²) in [5.74, 6) is -0.280. The first-order valence-electron chi connectivity index (χ1n) is 8.11. The Morgan fingerprint density at radius 2 is 2.09 bits per heavy atom. The zero-order valence-electron chi connectivity index (χ0n) is 13.2. The van der Waals surface area contributed by atoms with Crippen LogP contribution in [0.5, 0.6) is 11.5 Å². The van der Waals surface area contributed by atoms with Gasteiger partial charge in [0.2, 0.25) is 0 Å². The summed E-state index contributed by atoms with van der Waals surface area (Å²) in [7, 11) is 0. The zero-order chi connectivity index (χ0) is 16.7. The fraction of sp³-hybridized carbons (Fsp3) is 0.529. The molecule has 6 heteroatoms. The van der Waals surface area contributed by atoms with Crippen LogP contribution in [0.25, 0.3) is 0 Å². The topological polar surface area (TPSA) is 102 Å². The van der Waals surface area contributed by atoms with Gasteiger partial charge >= 0.3 is 0 Å². The average Bonchev–Trinajstić information content (AvgIpc) is 2.56. The third kappa shape index (κ3) is 4.69. The first-order valence-corrected chi connectivity index (χ1v) is 8.11. The Balaban J connectivity index is 2.11. The van der Waals surface area contributed by atoms with Crippen LogP contribution in [0.1, 0.15) is 59.2 Å². The lowest BCUT2D eigenvalue weighted by atomic mass is 9.95. The van der Waals surface area contributed by atoms with Crippen LogP contribution in [0.2, 0.25) is 0 Å². The van der Waals surface area contributed by atoms with Crippen LogP contribution in [-0.2, 0) is 0 Å². The Morgan fingerprint density at radius 1 is 1.35 bits per heavy atom. The zero-order valence-corrected chi connectivity index (χ0v) is 13.2. The van der Waals surface area contributed by atoms with Gasteiger partial charge in [-0.2, -0.15) is 0 Å². The second-order valence-corrected chi connectivity index (χ2v) is 5.82. The molecule has 6 nitrogen and oxygen atoms in total. The van der Waals surface area contributed by atoms with Crippen molar-refractivity contribution in [3.63, 3.8) is 0 Å². The van der Waals surface area contributed by atoms with E-state index in [9.17, 15) is 14.7 Å². The van der Waals surface area contributed by atoms with E-state index in [0.717, 1.165) is 25.7 Å². The van der Waals surface area contributed by atoms with Gasteiger partial charge in [0.15, 0.2) is 6.29 Å². The molecule has 1 aliphatic carbocycles. The molecule has 2 rings (SSSR count). The molecule has 126 valence electrons. The van der Waals surface area contributed by atoms with E-state index in [1.807, 2.05) is 0 Å². The summed E-state index contributed by atoms with van der Waals surface area (Å²) in [6, 6.07) is 2.82. The summed E-state index contributed by atoms with van der Waals surface area (Å²) in [5.41, 5.74) is 5.74. The Hall–Kier alpha value is -2.08. The molecular weight excluding hydrogens is 296 g/mol. The number of aldehydes is 1. The number of hydrogen-bond acceptors (Lipinski definition) is 5. The van der Waals surface area contributed by atoms with Crippen molar-refractivity contribution in [2.24, 2.45) is 5.73 Å². The molecule has 0 aromatic heterocycles. The second kappa shape index (κ2) is 8.53. The highest BCUT2D eigenvalue weighted by Gasteiger charge is 2.20. The van der Waals surface area contributed by atoms with E-state index in [2.05, 4.69) is 5.32 Å². The molecule has 0 spiro atoms. The molecule has 0 aliphatic heterocycles. The van der Waals surface area contributed by atoms with Crippen LogP contribution in [0.3, 0.4) is 0 Å². The third-order valence-electron chi connectivity index (χ3n) is 4.05. The number of carbonyl (C=O) groups is 2. The number of amides is 1. The number of phenols is 1. The van der Waals surface area contributed by atoms with Gasteiger partial charge in [-0.3, -0.25) is 9.59 Å². The molecule has 0 atom stereocenters. The average molecular weight is 320 g/mol. The molecule has 1 aromatic rings. The first-order chi connectivity index (χ1) is 11.2. The number of ether oxygens (including phenoxy) is 1. The van der Waals surface area contributed by atoms with E-state index in [0.29, 0.717) is 25.9 Å². The fourth-order valence-corrected chi connectivity index (χ4v) is 2.76. The molecule has 0 unspecified atom stereocenters. The van der Waals surface area contributed by atoms with E-state index in [1.165, 1.54) is 18.6 Å². The third-order valence-corrected chi connectivity index (χ3v) is 4.05. The van der Waals surface area contributed by atoms with Crippen molar-refractivity contribution in [2.45, 2.75) is 44.6 Å². The molecule has 1 aromatic carbocycles. The summed E-state index contributed by atoms with van der Waals surface area (Å²) < 4.78 is 5.43. The number of phenolic OH excluding ortho intramolecular Hbond substituents is 1. The largest absolute Gasteiger partial charge is 0.507 e. The Morgan fingerprint density at radius 3 is 2.74 bits per heavy atom. The van der Waals surface area contributed by atoms with Gasteiger partial charge in [-0.05, 0) is 31.9 Å². The van der Waals surface area contributed by atoms with Gasteiger partial charge in [-0.15, -0.1) is 0 Å². The molecule has 1 amide bonds. The van der Waals surface area contributed by atoms with Gasteiger partial charge < -0.3 is 20.9 Å². The summed E-state index contributed by atoms with van der Waals surface area (Å²) in [4.78, 5) is 23.5. The molecule has 0 saturated heterocycles. The quantitative estimate of drug-likeness (QED) is 0.527. The number of rotatable bonds is 7. The molecule has 4 N–H and O–H groups in total. The maximum Gasteiger partial charge on any atom is 0.255 e.